The molecule has 0 aliphatic heterocycles. The predicted octanol–water partition coefficient (Wildman–Crippen LogP) is 1.76. The Labute approximate surface area is 68.8 Å². The molecule has 1 aromatic rings. The molecule has 60 valence electrons. The Bertz CT molecular complexity index is 273. The lowest BCUT2D eigenvalue weighted by Crippen LogP contribution is -1.83. The summed E-state index contributed by atoms with van der Waals surface area (Å²) < 4.78 is 4.71. The average molecular weight is 175 g/mol. The summed E-state index contributed by atoms with van der Waals surface area (Å²) in [6, 6.07) is 2.65. The summed E-state index contributed by atoms with van der Waals surface area (Å²) in [4.78, 5) is 0. The van der Waals surface area contributed by atoms with Crippen LogP contribution in [0.5, 0.6) is 17.2 Å². The van der Waals surface area contributed by atoms with Gasteiger partial charge in [0.2, 0.25) is 5.75 Å². The van der Waals surface area contributed by atoms with Crippen LogP contribution in [-0.2, 0) is 0 Å². The van der Waals surface area contributed by atoms with Crippen LogP contribution in [0.2, 0.25) is 5.02 Å². The Kier molecular flexibility index (Phi) is 2.10. The molecule has 2 N–H and O–H groups in total. The summed E-state index contributed by atoms with van der Waals surface area (Å²) in [5.74, 6) is -0.416. The number of phenols is 2. The SMILES string of the molecule is COc1cc(Cl)cc(O)c1O. The number of methoxy groups -OCH3 is 1. The van der Waals surface area contributed by atoms with Gasteiger partial charge in [0.05, 0.1) is 7.11 Å². The lowest BCUT2D eigenvalue weighted by Gasteiger charge is -2.04. The summed E-state index contributed by atoms with van der Waals surface area (Å²) in [6.07, 6.45) is 0. The van der Waals surface area contributed by atoms with Gasteiger partial charge >= 0.3 is 0 Å². The number of benzene rings is 1. The molecule has 0 aliphatic rings. The monoisotopic (exact) mass is 174 g/mol. The second kappa shape index (κ2) is 2.88. The molecule has 0 spiro atoms. The highest BCUT2D eigenvalue weighted by Crippen LogP contribution is 2.37. The molecule has 3 nitrogen and oxygen atoms in total. The Hall–Kier alpha value is -1.09. The van der Waals surface area contributed by atoms with E-state index in [1.807, 2.05) is 0 Å². The van der Waals surface area contributed by atoms with E-state index >= 15 is 0 Å². The molecule has 0 heterocycles. The van der Waals surface area contributed by atoms with Crippen molar-refractivity contribution in [1.82, 2.24) is 0 Å². The summed E-state index contributed by atoms with van der Waals surface area (Å²) in [6.45, 7) is 0. The van der Waals surface area contributed by atoms with Crippen LogP contribution >= 0.6 is 11.6 Å². The first-order valence-electron chi connectivity index (χ1n) is 2.90. The van der Waals surface area contributed by atoms with E-state index in [0.717, 1.165) is 0 Å². The number of halogens is 1. The van der Waals surface area contributed by atoms with E-state index in [1.165, 1.54) is 19.2 Å². The maximum absolute atomic E-state index is 9.09. The van der Waals surface area contributed by atoms with E-state index in [-0.39, 0.29) is 17.2 Å². The van der Waals surface area contributed by atoms with Gasteiger partial charge in [0.25, 0.3) is 0 Å². The van der Waals surface area contributed by atoms with Gasteiger partial charge in [-0.25, -0.2) is 0 Å². The van der Waals surface area contributed by atoms with Crippen molar-refractivity contribution < 1.29 is 14.9 Å². The molecule has 0 radical (unpaired) electrons. The summed E-state index contributed by atoms with van der Waals surface area (Å²) in [5.41, 5.74) is 0. The van der Waals surface area contributed by atoms with Crippen molar-refractivity contribution >= 4 is 11.6 Å². The fourth-order valence-electron chi connectivity index (χ4n) is 0.716. The average Bonchev–Trinajstić information content (AvgIpc) is 1.96. The van der Waals surface area contributed by atoms with Gasteiger partial charge in [-0.2, -0.15) is 0 Å². The highest BCUT2D eigenvalue weighted by Gasteiger charge is 2.07. The third-order valence-electron chi connectivity index (χ3n) is 1.24. The molecule has 0 saturated heterocycles. The fraction of sp³-hybridized carbons (Fsp3) is 0.143. The van der Waals surface area contributed by atoms with Crippen LogP contribution in [0.1, 0.15) is 0 Å². The minimum Gasteiger partial charge on any atom is -0.504 e. The molecule has 0 aromatic heterocycles. The highest BCUT2D eigenvalue weighted by molar-refractivity contribution is 6.31. The quantitative estimate of drug-likeness (QED) is 0.638. The van der Waals surface area contributed by atoms with Crippen molar-refractivity contribution in [3.05, 3.63) is 17.2 Å². The van der Waals surface area contributed by atoms with Crippen LogP contribution < -0.4 is 4.74 Å². The number of phenolic OH excluding ortho intramolecular Hbond substituents is 2. The smallest absolute Gasteiger partial charge is 0.200 e. The molecule has 1 aromatic carbocycles. The standard InChI is InChI=1S/C7H7ClO3/c1-11-6-3-4(8)2-5(9)7(6)10/h2-3,9-10H,1H3. The topological polar surface area (TPSA) is 49.7 Å². The lowest BCUT2D eigenvalue weighted by molar-refractivity contribution is 0.351. The van der Waals surface area contributed by atoms with E-state index in [2.05, 4.69) is 0 Å². The molecule has 0 unspecified atom stereocenters. The lowest BCUT2D eigenvalue weighted by atomic mass is 10.3. The molecule has 0 atom stereocenters. The summed E-state index contributed by atoms with van der Waals surface area (Å²) in [5, 5.41) is 18.4. The Balaban J connectivity index is 3.24. The number of aromatic hydroxyl groups is 2. The maximum Gasteiger partial charge on any atom is 0.200 e. The first kappa shape index (κ1) is 8.01. The molecule has 4 heteroatoms. The fourth-order valence-corrected chi connectivity index (χ4v) is 0.919. The van der Waals surface area contributed by atoms with Gasteiger partial charge in [-0.15, -0.1) is 0 Å². The van der Waals surface area contributed by atoms with E-state index in [0.29, 0.717) is 5.02 Å². The van der Waals surface area contributed by atoms with Gasteiger partial charge in [0, 0.05) is 17.2 Å². The summed E-state index contributed by atoms with van der Waals surface area (Å²) in [7, 11) is 1.38. The zero-order valence-corrected chi connectivity index (χ0v) is 6.59. The Morgan fingerprint density at radius 3 is 2.55 bits per heavy atom. The molecular formula is C7H7ClO3. The normalized spacial score (nSPS) is 9.64. The molecule has 0 saturated carbocycles. The van der Waals surface area contributed by atoms with Crippen LogP contribution in [0, 0.1) is 0 Å². The van der Waals surface area contributed by atoms with Crippen molar-refractivity contribution in [2.24, 2.45) is 0 Å². The van der Waals surface area contributed by atoms with Gasteiger partial charge in [-0.05, 0) is 0 Å². The molecule has 11 heavy (non-hydrogen) atoms. The molecule has 1 rings (SSSR count). The maximum atomic E-state index is 9.09. The van der Waals surface area contributed by atoms with Crippen LogP contribution in [0.3, 0.4) is 0 Å². The molecule has 0 bridgehead atoms. The van der Waals surface area contributed by atoms with E-state index in [1.54, 1.807) is 0 Å². The van der Waals surface area contributed by atoms with Crippen molar-refractivity contribution in [2.75, 3.05) is 7.11 Å². The Morgan fingerprint density at radius 2 is 2.00 bits per heavy atom. The third kappa shape index (κ3) is 1.49. The summed E-state index contributed by atoms with van der Waals surface area (Å²) >= 11 is 5.55. The number of hydrogen-bond acceptors (Lipinski definition) is 3. The first-order valence-corrected chi connectivity index (χ1v) is 3.28. The van der Waals surface area contributed by atoms with E-state index in [9.17, 15) is 0 Å². The van der Waals surface area contributed by atoms with Crippen LogP contribution in [0.25, 0.3) is 0 Å². The third-order valence-corrected chi connectivity index (χ3v) is 1.46. The van der Waals surface area contributed by atoms with Crippen molar-refractivity contribution in [3.8, 4) is 17.2 Å². The number of rotatable bonds is 1. The highest BCUT2D eigenvalue weighted by atomic mass is 35.5. The Morgan fingerprint density at radius 1 is 1.36 bits per heavy atom. The van der Waals surface area contributed by atoms with Gasteiger partial charge < -0.3 is 14.9 Å². The van der Waals surface area contributed by atoms with Crippen LogP contribution in [0.15, 0.2) is 12.1 Å². The van der Waals surface area contributed by atoms with Crippen LogP contribution in [0.4, 0.5) is 0 Å². The minimum atomic E-state index is -0.295. The van der Waals surface area contributed by atoms with Crippen molar-refractivity contribution in [1.29, 1.82) is 0 Å². The van der Waals surface area contributed by atoms with Crippen molar-refractivity contribution in [3.63, 3.8) is 0 Å². The van der Waals surface area contributed by atoms with E-state index in [4.69, 9.17) is 26.6 Å². The van der Waals surface area contributed by atoms with E-state index < -0.39 is 0 Å². The van der Waals surface area contributed by atoms with Gasteiger partial charge in [-0.1, -0.05) is 11.6 Å². The minimum absolute atomic E-state index is 0.162. The zero-order chi connectivity index (χ0) is 8.43. The second-order valence-electron chi connectivity index (χ2n) is 1.98. The molecule has 0 aliphatic carbocycles. The zero-order valence-electron chi connectivity index (χ0n) is 5.84. The molecular weight excluding hydrogens is 168 g/mol. The van der Waals surface area contributed by atoms with Crippen molar-refractivity contribution in [2.45, 2.75) is 0 Å². The van der Waals surface area contributed by atoms with Gasteiger partial charge in [0.1, 0.15) is 0 Å². The van der Waals surface area contributed by atoms with Crippen LogP contribution in [-0.4, -0.2) is 17.3 Å². The largest absolute Gasteiger partial charge is 0.504 e. The predicted molar refractivity (Wildman–Crippen MR) is 41.3 cm³/mol. The van der Waals surface area contributed by atoms with Gasteiger partial charge in [0.15, 0.2) is 11.5 Å². The second-order valence-corrected chi connectivity index (χ2v) is 2.41. The molecule has 0 amide bonds. The number of ether oxygens (including phenoxy) is 1. The first-order chi connectivity index (χ1) is 5.15. The van der Waals surface area contributed by atoms with Gasteiger partial charge in [-0.3, -0.25) is 0 Å². The number of hydrogen-bond donors (Lipinski definition) is 2. The molecule has 0 fully saturated rings.